The molecule has 90 valence electrons. The summed E-state index contributed by atoms with van der Waals surface area (Å²) in [6.07, 6.45) is 8.50. The van der Waals surface area contributed by atoms with Crippen LogP contribution < -0.4 is 5.32 Å². The molecule has 17 heavy (non-hydrogen) atoms. The van der Waals surface area contributed by atoms with Gasteiger partial charge in [-0.05, 0) is 25.5 Å². The molecule has 0 atom stereocenters. The molecule has 0 saturated carbocycles. The Bertz CT molecular complexity index is 460. The van der Waals surface area contributed by atoms with Crippen molar-refractivity contribution in [3.63, 3.8) is 0 Å². The number of aryl methyl sites for hydroxylation is 1. The zero-order valence-corrected chi connectivity index (χ0v) is 10.2. The molecule has 0 aliphatic carbocycles. The molecule has 0 amide bonds. The monoisotopic (exact) mass is 231 g/mol. The van der Waals surface area contributed by atoms with E-state index in [1.165, 1.54) is 0 Å². The smallest absolute Gasteiger partial charge is 0.250 e. The van der Waals surface area contributed by atoms with Crippen LogP contribution >= 0.6 is 0 Å². The topological polar surface area (TPSA) is 55.6 Å². The molecule has 5 nitrogen and oxygen atoms in total. The molecule has 0 saturated heterocycles. The van der Waals surface area contributed by atoms with Crippen LogP contribution in [0.15, 0.2) is 24.8 Å². The van der Waals surface area contributed by atoms with Crippen molar-refractivity contribution in [2.75, 3.05) is 6.54 Å². The summed E-state index contributed by atoms with van der Waals surface area (Å²) in [5.41, 5.74) is 2.19. The maximum atomic E-state index is 4.29. The lowest BCUT2D eigenvalue weighted by Crippen LogP contribution is -2.14. The Hall–Kier alpha value is -1.75. The molecule has 2 aromatic rings. The molecule has 0 radical (unpaired) electrons. The molecule has 0 aliphatic rings. The highest BCUT2D eigenvalue weighted by Crippen LogP contribution is 2.02. The molecule has 5 heteroatoms. The van der Waals surface area contributed by atoms with E-state index in [0.717, 1.165) is 30.6 Å². The van der Waals surface area contributed by atoms with Gasteiger partial charge in [0.25, 0.3) is 0 Å². The summed E-state index contributed by atoms with van der Waals surface area (Å²) >= 11 is 0. The Balaban J connectivity index is 2.02. The largest absolute Gasteiger partial charge is 0.313 e. The molecule has 2 rings (SSSR count). The Morgan fingerprint density at radius 3 is 2.59 bits per heavy atom. The fourth-order valence-electron chi connectivity index (χ4n) is 1.49. The fourth-order valence-corrected chi connectivity index (χ4v) is 1.49. The van der Waals surface area contributed by atoms with Gasteiger partial charge in [-0.3, -0.25) is 0 Å². The molecule has 1 N–H and O–H groups in total. The molecule has 0 fully saturated rings. The average molecular weight is 231 g/mol. The van der Waals surface area contributed by atoms with Crippen LogP contribution in [-0.4, -0.2) is 26.3 Å². The summed E-state index contributed by atoms with van der Waals surface area (Å²) < 4.78 is 1.68. The van der Waals surface area contributed by atoms with Gasteiger partial charge in [0.2, 0.25) is 5.95 Å². The Kier molecular flexibility index (Phi) is 3.82. The highest BCUT2D eigenvalue weighted by atomic mass is 15.3. The van der Waals surface area contributed by atoms with Gasteiger partial charge in [-0.15, -0.1) is 0 Å². The molecular weight excluding hydrogens is 214 g/mol. The van der Waals surface area contributed by atoms with Crippen LogP contribution in [0.4, 0.5) is 0 Å². The first-order valence-corrected chi connectivity index (χ1v) is 5.83. The minimum atomic E-state index is 0.609. The van der Waals surface area contributed by atoms with Crippen molar-refractivity contribution >= 4 is 0 Å². The van der Waals surface area contributed by atoms with Crippen molar-refractivity contribution < 1.29 is 0 Å². The lowest BCUT2D eigenvalue weighted by Gasteiger charge is -2.03. The minimum Gasteiger partial charge on any atom is -0.313 e. The second-order valence-corrected chi connectivity index (χ2v) is 4.03. The van der Waals surface area contributed by atoms with E-state index >= 15 is 0 Å². The lowest BCUT2D eigenvalue weighted by atomic mass is 10.3. The first-order chi connectivity index (χ1) is 8.29. The van der Waals surface area contributed by atoms with E-state index in [-0.39, 0.29) is 0 Å². The molecule has 0 aliphatic heterocycles. The zero-order valence-electron chi connectivity index (χ0n) is 10.2. The van der Waals surface area contributed by atoms with Gasteiger partial charge in [0.1, 0.15) is 0 Å². The van der Waals surface area contributed by atoms with Crippen molar-refractivity contribution in [3.05, 3.63) is 35.9 Å². The van der Waals surface area contributed by atoms with Gasteiger partial charge >= 0.3 is 0 Å². The van der Waals surface area contributed by atoms with E-state index in [1.807, 2.05) is 25.5 Å². The van der Waals surface area contributed by atoms with E-state index in [0.29, 0.717) is 5.95 Å². The second-order valence-electron chi connectivity index (χ2n) is 4.03. The highest BCUT2D eigenvalue weighted by molar-refractivity contribution is 5.15. The molecule has 0 aromatic carbocycles. The number of nitrogens with one attached hydrogen (secondary N) is 1. The maximum absolute atomic E-state index is 4.29. The normalized spacial score (nSPS) is 10.7. The summed E-state index contributed by atoms with van der Waals surface area (Å²) in [5.74, 6) is 0.609. The van der Waals surface area contributed by atoms with E-state index < -0.39 is 0 Å². The van der Waals surface area contributed by atoms with Crippen LogP contribution in [0, 0.1) is 6.92 Å². The van der Waals surface area contributed by atoms with E-state index in [9.17, 15) is 0 Å². The summed E-state index contributed by atoms with van der Waals surface area (Å²) in [6.45, 7) is 5.96. The van der Waals surface area contributed by atoms with Crippen LogP contribution in [0.5, 0.6) is 0 Å². The number of nitrogens with zero attached hydrogens (tertiary/aromatic N) is 4. The van der Waals surface area contributed by atoms with Crippen LogP contribution in [0.1, 0.15) is 24.5 Å². The SMILES string of the molecule is CCCNCc1cnc(-n2cc(C)cn2)nc1. The van der Waals surface area contributed by atoms with Gasteiger partial charge in [-0.2, -0.15) is 5.10 Å². The van der Waals surface area contributed by atoms with Gasteiger partial charge in [-0.1, -0.05) is 6.92 Å². The third kappa shape index (κ3) is 3.10. The summed E-state index contributed by atoms with van der Waals surface area (Å²) in [4.78, 5) is 8.58. The lowest BCUT2D eigenvalue weighted by molar-refractivity contribution is 0.669. The van der Waals surface area contributed by atoms with Crippen molar-refractivity contribution in [3.8, 4) is 5.95 Å². The highest BCUT2D eigenvalue weighted by Gasteiger charge is 2.01. The van der Waals surface area contributed by atoms with Gasteiger partial charge in [0.15, 0.2) is 0 Å². The molecule has 0 spiro atoms. The molecule has 2 heterocycles. The third-order valence-electron chi connectivity index (χ3n) is 2.36. The second kappa shape index (κ2) is 5.54. The van der Waals surface area contributed by atoms with Crippen LogP contribution in [0.2, 0.25) is 0 Å². The van der Waals surface area contributed by atoms with Crippen LogP contribution in [0.3, 0.4) is 0 Å². The zero-order chi connectivity index (χ0) is 12.1. The number of hydrogen-bond donors (Lipinski definition) is 1. The molecule has 2 aromatic heterocycles. The summed E-state index contributed by atoms with van der Waals surface area (Å²) in [6, 6.07) is 0. The van der Waals surface area contributed by atoms with Crippen molar-refractivity contribution in [2.45, 2.75) is 26.8 Å². The Labute approximate surface area is 101 Å². The predicted molar refractivity (Wildman–Crippen MR) is 65.9 cm³/mol. The van der Waals surface area contributed by atoms with E-state index in [1.54, 1.807) is 10.9 Å². The number of hydrogen-bond acceptors (Lipinski definition) is 4. The van der Waals surface area contributed by atoms with Gasteiger partial charge in [0.05, 0.1) is 6.20 Å². The minimum absolute atomic E-state index is 0.609. The van der Waals surface area contributed by atoms with Gasteiger partial charge in [0, 0.05) is 30.7 Å². The van der Waals surface area contributed by atoms with Gasteiger partial charge < -0.3 is 5.32 Å². The van der Waals surface area contributed by atoms with Crippen molar-refractivity contribution in [1.29, 1.82) is 0 Å². The summed E-state index contributed by atoms with van der Waals surface area (Å²) in [7, 11) is 0. The molecular formula is C12H17N5. The first kappa shape index (κ1) is 11.7. The molecule has 0 unspecified atom stereocenters. The summed E-state index contributed by atoms with van der Waals surface area (Å²) in [5, 5.41) is 7.48. The van der Waals surface area contributed by atoms with Crippen LogP contribution in [0.25, 0.3) is 5.95 Å². The first-order valence-electron chi connectivity index (χ1n) is 5.83. The maximum Gasteiger partial charge on any atom is 0.250 e. The van der Waals surface area contributed by atoms with E-state index in [2.05, 4.69) is 27.3 Å². The standard InChI is InChI=1S/C12H17N5/c1-3-4-13-6-11-7-14-12(15-8-11)17-9-10(2)5-16-17/h5,7-9,13H,3-4,6H2,1-2H3. The van der Waals surface area contributed by atoms with E-state index in [4.69, 9.17) is 0 Å². The molecule has 0 bridgehead atoms. The fraction of sp³-hybridized carbons (Fsp3) is 0.417. The number of rotatable bonds is 5. The average Bonchev–Trinajstić information content (AvgIpc) is 2.77. The third-order valence-corrected chi connectivity index (χ3v) is 2.36. The van der Waals surface area contributed by atoms with Crippen molar-refractivity contribution in [2.24, 2.45) is 0 Å². The van der Waals surface area contributed by atoms with Gasteiger partial charge in [-0.25, -0.2) is 14.6 Å². The Morgan fingerprint density at radius 1 is 1.24 bits per heavy atom. The Morgan fingerprint density at radius 2 is 2.00 bits per heavy atom. The van der Waals surface area contributed by atoms with Crippen molar-refractivity contribution in [1.82, 2.24) is 25.1 Å². The van der Waals surface area contributed by atoms with Crippen LogP contribution in [-0.2, 0) is 6.54 Å². The quantitative estimate of drug-likeness (QED) is 0.792. The predicted octanol–water partition coefficient (Wildman–Crippen LogP) is 1.47. The number of aromatic nitrogens is 4.